The zero-order valence-electron chi connectivity index (χ0n) is 21.1. The van der Waals surface area contributed by atoms with E-state index in [0.29, 0.717) is 11.3 Å². The maximum absolute atomic E-state index is 11.9. The highest BCUT2D eigenvalue weighted by Crippen LogP contribution is 2.41. The number of methoxy groups -OCH3 is 2. The molecule has 4 heterocycles. The number of fused-ring (bicyclic) bond motifs is 2. The molecule has 11 nitrogen and oxygen atoms in total. The summed E-state index contributed by atoms with van der Waals surface area (Å²) in [7, 11) is 3.04. The minimum atomic E-state index is -0.738. The van der Waals surface area contributed by atoms with Crippen LogP contribution in [0.15, 0.2) is 42.4 Å². The Morgan fingerprint density at radius 3 is 2.11 bits per heavy atom. The molecule has 4 fully saturated rings. The number of hydrogen-bond donors (Lipinski definition) is 0. The molecule has 4 aliphatic heterocycles. The fourth-order valence-corrected chi connectivity index (χ4v) is 4.40. The number of carbonyl (C=O) groups excluding carboxylic acids is 2. The second-order valence-corrected chi connectivity index (χ2v) is 9.44. The Bertz CT molecular complexity index is 960. The summed E-state index contributed by atoms with van der Waals surface area (Å²) < 4.78 is 48.9. The molecule has 0 N–H and O–H groups in total. The molecule has 1 aromatic rings. The molecule has 5 rings (SSSR count). The van der Waals surface area contributed by atoms with E-state index >= 15 is 0 Å². The fourth-order valence-electron chi connectivity index (χ4n) is 4.40. The Morgan fingerprint density at radius 2 is 1.47 bits per heavy atom. The van der Waals surface area contributed by atoms with Crippen LogP contribution in [0.3, 0.4) is 0 Å². The first-order chi connectivity index (χ1) is 17.1. The molecule has 1 aromatic carbocycles. The molecule has 7 atom stereocenters. The van der Waals surface area contributed by atoms with Crippen molar-refractivity contribution in [3.05, 3.63) is 47.9 Å². The smallest absolute Gasteiger partial charge is 0.343 e. The highest BCUT2D eigenvalue weighted by Gasteiger charge is 2.56. The molecule has 0 unspecified atom stereocenters. The predicted octanol–water partition coefficient (Wildman–Crippen LogP) is 2.28. The summed E-state index contributed by atoms with van der Waals surface area (Å²) in [6.07, 6.45) is -1.22. The summed E-state index contributed by atoms with van der Waals surface area (Å²) in [5.41, 5.74) is 0.459. The third-order valence-electron chi connectivity index (χ3n) is 5.87. The summed E-state index contributed by atoms with van der Waals surface area (Å²) in [5.74, 6) is -1.49. The maximum Gasteiger partial charge on any atom is 0.343 e. The average Bonchev–Trinajstić information content (AvgIpc) is 3.54. The summed E-state index contributed by atoms with van der Waals surface area (Å²) in [5, 5.41) is 0. The largest absolute Gasteiger partial charge is 0.460 e. The first-order valence-corrected chi connectivity index (χ1v) is 11.6. The highest BCUT2D eigenvalue weighted by molar-refractivity contribution is 5.89. The molecule has 36 heavy (non-hydrogen) atoms. The first kappa shape index (κ1) is 26.7. The fraction of sp³-hybridized carbons (Fsp3) is 0.600. The lowest BCUT2D eigenvalue weighted by atomic mass is 10.1. The van der Waals surface area contributed by atoms with Crippen LogP contribution in [0.25, 0.3) is 0 Å². The second kappa shape index (κ2) is 10.5. The van der Waals surface area contributed by atoms with Crippen LogP contribution in [-0.4, -0.2) is 81.1 Å². The van der Waals surface area contributed by atoms with Crippen LogP contribution in [0, 0.1) is 0 Å². The van der Waals surface area contributed by atoms with E-state index in [2.05, 4.69) is 0 Å². The van der Waals surface area contributed by atoms with Crippen molar-refractivity contribution in [1.29, 1.82) is 0 Å². The number of esters is 1. The van der Waals surface area contributed by atoms with Gasteiger partial charge in [-0.1, -0.05) is 18.2 Å². The lowest BCUT2D eigenvalue weighted by Gasteiger charge is -2.21. The lowest BCUT2D eigenvalue weighted by Crippen LogP contribution is -2.30. The number of ether oxygens (including phenoxy) is 9. The number of carbonyl (C=O) groups is 2. The molecule has 0 bridgehead atoms. The van der Waals surface area contributed by atoms with Gasteiger partial charge < -0.3 is 47.4 Å². The van der Waals surface area contributed by atoms with E-state index in [9.17, 15) is 9.59 Å². The van der Waals surface area contributed by atoms with E-state index in [4.69, 9.17) is 42.6 Å². The molecule has 198 valence electrons. The molecule has 0 amide bonds. The van der Waals surface area contributed by atoms with E-state index in [-0.39, 0.29) is 18.3 Å². The third kappa shape index (κ3) is 5.62. The van der Waals surface area contributed by atoms with Crippen molar-refractivity contribution in [3.8, 4) is 0 Å². The van der Waals surface area contributed by atoms with Gasteiger partial charge in [0.2, 0.25) is 6.29 Å². The van der Waals surface area contributed by atoms with Crippen LogP contribution in [0.5, 0.6) is 0 Å². The Hall–Kier alpha value is -2.38. The van der Waals surface area contributed by atoms with Crippen molar-refractivity contribution in [3.63, 3.8) is 0 Å². The van der Waals surface area contributed by atoms with Gasteiger partial charge >= 0.3 is 5.97 Å². The summed E-state index contributed by atoms with van der Waals surface area (Å²) >= 11 is 0. The SMILES string of the molecule is CO[C@@H]1OC(=COC(=O)c2ccccc2)[C@H]2OC(C)(C)O[C@@H]12.CO[C@@H]1O[C@H](C=O)[C@H]2OC(C)(C)O[C@@H]12. The lowest BCUT2D eigenvalue weighted by molar-refractivity contribution is -0.223. The molecule has 11 heteroatoms. The molecule has 4 saturated heterocycles. The van der Waals surface area contributed by atoms with Crippen molar-refractivity contribution >= 4 is 12.3 Å². The van der Waals surface area contributed by atoms with Gasteiger partial charge in [-0.15, -0.1) is 0 Å². The van der Waals surface area contributed by atoms with Crippen LogP contribution < -0.4 is 0 Å². The van der Waals surface area contributed by atoms with Crippen LogP contribution in [0.4, 0.5) is 0 Å². The van der Waals surface area contributed by atoms with Gasteiger partial charge in [-0.25, -0.2) is 4.79 Å². The molecule has 0 aliphatic carbocycles. The quantitative estimate of drug-likeness (QED) is 0.331. The van der Waals surface area contributed by atoms with Crippen molar-refractivity contribution in [1.82, 2.24) is 0 Å². The predicted molar refractivity (Wildman–Crippen MR) is 121 cm³/mol. The second-order valence-electron chi connectivity index (χ2n) is 9.44. The average molecular weight is 509 g/mol. The molecule has 0 spiro atoms. The Balaban J connectivity index is 0.000000187. The maximum atomic E-state index is 11.9. The minimum Gasteiger partial charge on any atom is -0.460 e. The van der Waals surface area contributed by atoms with Crippen molar-refractivity contribution in [2.24, 2.45) is 0 Å². The van der Waals surface area contributed by atoms with Gasteiger partial charge in [-0.2, -0.15) is 0 Å². The standard InChI is InChI=1S/C16H18O6.C9H14O5/c1-16(2)21-12-11(20-15(18-3)13(12)22-16)9-19-14(17)10-7-5-4-6-8-10;1-9(2)13-6-5(4-10)12-8(11-3)7(6)14-9/h4-9,12-13,15H,1-3H3;4-8H,1-3H3/t12-,13-,15-;5-,6-,7-,8-/m11/s1. The van der Waals surface area contributed by atoms with Crippen LogP contribution in [0.1, 0.15) is 38.1 Å². The zero-order valence-corrected chi connectivity index (χ0v) is 21.1. The van der Waals surface area contributed by atoms with E-state index in [0.717, 1.165) is 6.29 Å². The van der Waals surface area contributed by atoms with Crippen LogP contribution in [0.2, 0.25) is 0 Å². The van der Waals surface area contributed by atoms with Crippen LogP contribution >= 0.6 is 0 Å². The van der Waals surface area contributed by atoms with Gasteiger partial charge in [0.1, 0.15) is 24.6 Å². The normalized spacial score (nSPS) is 36.4. The Morgan fingerprint density at radius 1 is 0.861 bits per heavy atom. The number of benzene rings is 1. The van der Waals surface area contributed by atoms with E-state index in [1.165, 1.54) is 20.5 Å². The van der Waals surface area contributed by atoms with Gasteiger partial charge in [-0.3, -0.25) is 0 Å². The molecule has 4 aliphatic rings. The molecular formula is C25H32O11. The van der Waals surface area contributed by atoms with Gasteiger partial charge in [0, 0.05) is 14.2 Å². The minimum absolute atomic E-state index is 0.315. The highest BCUT2D eigenvalue weighted by atomic mass is 16.8. The van der Waals surface area contributed by atoms with Gasteiger partial charge in [-0.05, 0) is 39.8 Å². The molecular weight excluding hydrogens is 476 g/mol. The number of rotatable bonds is 5. The van der Waals surface area contributed by atoms with Gasteiger partial charge in [0.05, 0.1) is 5.56 Å². The zero-order chi connectivity index (χ0) is 26.1. The van der Waals surface area contributed by atoms with Gasteiger partial charge in [0.25, 0.3) is 0 Å². The summed E-state index contributed by atoms with van der Waals surface area (Å²) in [4.78, 5) is 22.7. The number of hydrogen-bond acceptors (Lipinski definition) is 11. The Kier molecular flexibility index (Phi) is 7.81. The molecule has 0 aromatic heterocycles. The molecule has 0 radical (unpaired) electrons. The van der Waals surface area contributed by atoms with Crippen molar-refractivity contribution in [2.75, 3.05) is 14.2 Å². The molecule has 0 saturated carbocycles. The van der Waals surface area contributed by atoms with E-state index in [1.807, 2.05) is 19.9 Å². The number of aldehydes is 1. The first-order valence-electron chi connectivity index (χ1n) is 11.6. The van der Waals surface area contributed by atoms with Crippen LogP contribution in [-0.2, 0) is 47.4 Å². The van der Waals surface area contributed by atoms with Crippen molar-refractivity contribution in [2.45, 2.75) is 82.4 Å². The van der Waals surface area contributed by atoms with Crippen molar-refractivity contribution < 1.29 is 52.2 Å². The monoisotopic (exact) mass is 508 g/mol. The van der Waals surface area contributed by atoms with E-state index in [1.54, 1.807) is 38.1 Å². The topological polar surface area (TPSA) is 117 Å². The summed E-state index contributed by atoms with van der Waals surface area (Å²) in [6.45, 7) is 7.23. The van der Waals surface area contributed by atoms with Gasteiger partial charge in [0.15, 0.2) is 42.1 Å². The Labute approximate surface area is 209 Å². The van der Waals surface area contributed by atoms with E-state index < -0.39 is 42.3 Å². The summed E-state index contributed by atoms with van der Waals surface area (Å²) in [6, 6.07) is 8.71. The third-order valence-corrected chi connectivity index (χ3v) is 5.87.